The van der Waals surface area contributed by atoms with Crippen molar-refractivity contribution in [2.24, 2.45) is 0 Å². The Morgan fingerprint density at radius 1 is 0.971 bits per heavy atom. The van der Waals surface area contributed by atoms with Gasteiger partial charge in [0.15, 0.2) is 5.78 Å². The molecule has 0 fully saturated rings. The number of ether oxygens (including phenoxy) is 1. The average molecular weight is 493 g/mol. The molecular weight excluding hydrogens is 460 g/mol. The molecule has 0 aliphatic heterocycles. The van der Waals surface area contributed by atoms with Gasteiger partial charge in [0.25, 0.3) is 0 Å². The minimum absolute atomic E-state index is 0.0636. The molecule has 1 amide bonds. The maximum atomic E-state index is 13.0. The van der Waals surface area contributed by atoms with E-state index in [9.17, 15) is 9.59 Å². The molecule has 3 aromatic rings. The highest BCUT2D eigenvalue weighted by Crippen LogP contribution is 2.24. The number of hydrogen-bond donors (Lipinski definition) is 1. The molecule has 0 atom stereocenters. The summed E-state index contributed by atoms with van der Waals surface area (Å²) in [6.07, 6.45) is 1.03. The number of nitrogens with one attached hydrogen (secondary N) is 1. The van der Waals surface area contributed by atoms with Gasteiger partial charge in [-0.1, -0.05) is 61.8 Å². The fourth-order valence-electron chi connectivity index (χ4n) is 3.91. The van der Waals surface area contributed by atoms with Crippen LogP contribution in [0.5, 0.6) is 5.75 Å². The van der Waals surface area contributed by atoms with E-state index in [0.717, 1.165) is 43.1 Å². The second-order valence-corrected chi connectivity index (χ2v) is 8.86. The zero-order valence-corrected chi connectivity index (χ0v) is 21.4. The van der Waals surface area contributed by atoms with Crippen LogP contribution in [0.4, 0.5) is 5.69 Å². The molecule has 0 saturated carbocycles. The zero-order valence-electron chi connectivity index (χ0n) is 20.6. The summed E-state index contributed by atoms with van der Waals surface area (Å²) in [4.78, 5) is 28.2. The van der Waals surface area contributed by atoms with Crippen LogP contribution in [0.2, 0.25) is 5.02 Å². The van der Waals surface area contributed by atoms with E-state index < -0.39 is 0 Å². The summed E-state index contributed by atoms with van der Waals surface area (Å²) in [5.41, 5.74) is 3.25. The van der Waals surface area contributed by atoms with Crippen LogP contribution in [-0.4, -0.2) is 42.8 Å². The molecule has 0 aliphatic rings. The van der Waals surface area contributed by atoms with E-state index in [4.69, 9.17) is 16.3 Å². The number of rotatable bonds is 12. The second-order valence-electron chi connectivity index (χ2n) is 8.43. The van der Waals surface area contributed by atoms with E-state index in [0.29, 0.717) is 28.3 Å². The van der Waals surface area contributed by atoms with Gasteiger partial charge < -0.3 is 15.0 Å². The molecule has 3 rings (SSSR count). The van der Waals surface area contributed by atoms with Gasteiger partial charge in [-0.15, -0.1) is 0 Å². The summed E-state index contributed by atoms with van der Waals surface area (Å²) in [6, 6.07) is 19.7. The van der Waals surface area contributed by atoms with Crippen LogP contribution in [0.25, 0.3) is 0 Å². The highest BCUT2D eigenvalue weighted by Gasteiger charge is 2.17. The smallest absolute Gasteiger partial charge is 0.228 e. The minimum atomic E-state index is -0.203. The molecule has 0 heterocycles. The van der Waals surface area contributed by atoms with Crippen LogP contribution < -0.4 is 10.1 Å². The Morgan fingerprint density at radius 3 is 2.40 bits per heavy atom. The highest BCUT2D eigenvalue weighted by atomic mass is 35.5. The van der Waals surface area contributed by atoms with Crippen molar-refractivity contribution in [3.8, 4) is 5.75 Å². The maximum absolute atomic E-state index is 13.0. The predicted molar refractivity (Wildman–Crippen MR) is 143 cm³/mol. The van der Waals surface area contributed by atoms with Gasteiger partial charge in [-0.25, -0.2) is 0 Å². The average Bonchev–Trinajstić information content (AvgIpc) is 2.87. The molecule has 0 aromatic heterocycles. The number of carbonyl (C=O) groups excluding carboxylic acids is 2. The van der Waals surface area contributed by atoms with E-state index in [2.05, 4.69) is 24.1 Å². The lowest BCUT2D eigenvalue weighted by Gasteiger charge is -2.18. The fraction of sp³-hybridized carbons (Fsp3) is 0.310. The molecule has 0 radical (unpaired) electrons. The SMILES string of the molecule is CCN(CC)CCCOc1ccc(NC(=O)Cc2ccc(Cl)cc2C(=O)c2ccccc2)c(C)c1. The van der Waals surface area contributed by atoms with Crippen molar-refractivity contribution in [1.29, 1.82) is 0 Å². The summed E-state index contributed by atoms with van der Waals surface area (Å²) in [5.74, 6) is 0.425. The number of ketones is 1. The van der Waals surface area contributed by atoms with Crippen molar-refractivity contribution in [3.05, 3.63) is 94.0 Å². The van der Waals surface area contributed by atoms with Gasteiger partial charge in [0.2, 0.25) is 5.91 Å². The van der Waals surface area contributed by atoms with Gasteiger partial charge in [-0.05, 0) is 67.9 Å². The zero-order chi connectivity index (χ0) is 25.2. The van der Waals surface area contributed by atoms with Gasteiger partial charge in [0, 0.05) is 28.4 Å². The van der Waals surface area contributed by atoms with Crippen molar-refractivity contribution in [1.82, 2.24) is 4.90 Å². The predicted octanol–water partition coefficient (Wildman–Crippen LogP) is 6.17. The van der Waals surface area contributed by atoms with Crippen molar-refractivity contribution in [2.75, 3.05) is 31.6 Å². The number of hydrogen-bond acceptors (Lipinski definition) is 4. The van der Waals surface area contributed by atoms with E-state index in [-0.39, 0.29) is 18.1 Å². The quantitative estimate of drug-likeness (QED) is 0.242. The first-order valence-electron chi connectivity index (χ1n) is 12.0. The molecule has 6 heteroatoms. The van der Waals surface area contributed by atoms with Gasteiger partial charge in [0.1, 0.15) is 5.75 Å². The first-order chi connectivity index (χ1) is 16.9. The summed E-state index contributed by atoms with van der Waals surface area (Å²) in [6.45, 7) is 10.0. The molecular formula is C29H33ClN2O3. The molecule has 184 valence electrons. The number of benzene rings is 3. The monoisotopic (exact) mass is 492 g/mol. The van der Waals surface area contributed by atoms with E-state index in [1.54, 1.807) is 30.3 Å². The molecule has 0 aliphatic carbocycles. The van der Waals surface area contributed by atoms with Crippen molar-refractivity contribution in [2.45, 2.75) is 33.6 Å². The third-order valence-electron chi connectivity index (χ3n) is 5.96. The van der Waals surface area contributed by atoms with E-state index >= 15 is 0 Å². The molecule has 0 unspecified atom stereocenters. The third-order valence-corrected chi connectivity index (χ3v) is 6.19. The number of halogens is 1. The summed E-state index contributed by atoms with van der Waals surface area (Å²) >= 11 is 6.16. The lowest BCUT2D eigenvalue weighted by Crippen LogP contribution is -2.25. The fourth-order valence-corrected chi connectivity index (χ4v) is 4.08. The molecule has 3 aromatic carbocycles. The highest BCUT2D eigenvalue weighted by molar-refractivity contribution is 6.31. The Hall–Kier alpha value is -3.15. The van der Waals surface area contributed by atoms with Crippen LogP contribution in [0.15, 0.2) is 66.7 Å². The van der Waals surface area contributed by atoms with Crippen LogP contribution in [0.3, 0.4) is 0 Å². The molecule has 1 N–H and O–H groups in total. The Labute approximate surface area is 213 Å². The standard InChI is InChI=1S/C29H33ClN2O3/c1-4-32(5-2)16-9-17-35-25-14-15-27(21(3)18-25)31-28(33)19-23-12-13-24(30)20-26(23)29(34)22-10-7-6-8-11-22/h6-8,10-15,18,20H,4-5,9,16-17,19H2,1-3H3,(H,31,33). The molecule has 0 saturated heterocycles. The summed E-state index contributed by atoms with van der Waals surface area (Å²) in [5, 5.41) is 3.41. The first-order valence-corrected chi connectivity index (χ1v) is 12.4. The van der Waals surface area contributed by atoms with Gasteiger partial charge in [-0.3, -0.25) is 9.59 Å². The Bertz CT molecular complexity index is 1140. The Balaban J connectivity index is 1.62. The second kappa shape index (κ2) is 13.1. The summed E-state index contributed by atoms with van der Waals surface area (Å²) in [7, 11) is 0. The number of anilines is 1. The maximum Gasteiger partial charge on any atom is 0.228 e. The van der Waals surface area contributed by atoms with E-state index in [1.165, 1.54) is 0 Å². The largest absolute Gasteiger partial charge is 0.494 e. The van der Waals surface area contributed by atoms with Crippen molar-refractivity contribution >= 4 is 29.0 Å². The number of amides is 1. The van der Waals surface area contributed by atoms with Crippen LogP contribution >= 0.6 is 11.6 Å². The number of aryl methyl sites for hydroxylation is 1. The van der Waals surface area contributed by atoms with Crippen molar-refractivity contribution < 1.29 is 14.3 Å². The topological polar surface area (TPSA) is 58.6 Å². The van der Waals surface area contributed by atoms with Crippen LogP contribution in [0.1, 0.15) is 47.3 Å². The molecule has 5 nitrogen and oxygen atoms in total. The first kappa shape index (κ1) is 26.5. The lowest BCUT2D eigenvalue weighted by atomic mass is 9.96. The molecule has 0 bridgehead atoms. The number of nitrogens with zero attached hydrogens (tertiary/aromatic N) is 1. The minimum Gasteiger partial charge on any atom is -0.494 e. The normalized spacial score (nSPS) is 10.9. The van der Waals surface area contributed by atoms with Gasteiger partial charge >= 0.3 is 0 Å². The van der Waals surface area contributed by atoms with Crippen LogP contribution in [0, 0.1) is 6.92 Å². The molecule has 0 spiro atoms. The van der Waals surface area contributed by atoms with Crippen LogP contribution in [-0.2, 0) is 11.2 Å². The third kappa shape index (κ3) is 7.67. The van der Waals surface area contributed by atoms with Gasteiger partial charge in [-0.2, -0.15) is 0 Å². The Morgan fingerprint density at radius 2 is 1.71 bits per heavy atom. The number of carbonyl (C=O) groups is 2. The van der Waals surface area contributed by atoms with Gasteiger partial charge in [0.05, 0.1) is 13.0 Å². The van der Waals surface area contributed by atoms with Crippen molar-refractivity contribution in [3.63, 3.8) is 0 Å². The lowest BCUT2D eigenvalue weighted by molar-refractivity contribution is -0.115. The van der Waals surface area contributed by atoms with E-state index in [1.807, 2.05) is 43.3 Å². The Kier molecular flexibility index (Phi) is 9.88. The summed E-state index contributed by atoms with van der Waals surface area (Å²) < 4.78 is 5.89. The molecule has 35 heavy (non-hydrogen) atoms.